The molecule has 1 N–H and O–H groups in total. The zero-order chi connectivity index (χ0) is 18.3. The fraction of sp³-hybridized carbons (Fsp3) is 0.0500. The predicted octanol–water partition coefficient (Wildman–Crippen LogP) is 4.75. The Kier molecular flexibility index (Phi) is 3.93. The molecule has 4 aromatic rings. The third-order valence-corrected chi connectivity index (χ3v) is 4.44. The van der Waals surface area contributed by atoms with Crippen LogP contribution in [0.1, 0.15) is 16.1 Å². The average Bonchev–Trinajstić information content (AvgIpc) is 2.99. The lowest BCUT2D eigenvalue weighted by Gasteiger charge is -2.07. The van der Waals surface area contributed by atoms with Crippen molar-refractivity contribution in [3.05, 3.63) is 76.9 Å². The Morgan fingerprint density at radius 2 is 1.77 bits per heavy atom. The fourth-order valence-corrected chi connectivity index (χ4v) is 3.10. The number of aryl methyl sites for hydroxylation is 1. The van der Waals surface area contributed by atoms with Crippen molar-refractivity contribution in [2.75, 3.05) is 0 Å². The number of hydrogen-bond donors (Lipinski definition) is 1. The maximum Gasteiger partial charge on any atom is 0.336 e. The highest BCUT2D eigenvalue weighted by atomic mass is 35.5. The van der Waals surface area contributed by atoms with Crippen molar-refractivity contribution in [3.8, 4) is 16.9 Å². The largest absolute Gasteiger partial charge is 0.478 e. The standard InChI is InChI=1S/C20H14ClN3O2/c1-12-18-16(20(25)26)11-17(13-7-9-14(21)10-8-13)22-19(18)24(23-12)15-5-3-2-4-6-15/h2-11H,1H3,(H,25,26). The zero-order valence-corrected chi connectivity index (χ0v) is 14.6. The molecule has 0 unspecified atom stereocenters. The van der Waals surface area contributed by atoms with Crippen molar-refractivity contribution in [2.45, 2.75) is 6.92 Å². The molecule has 2 heterocycles. The van der Waals surface area contributed by atoms with Crippen LogP contribution in [0, 0.1) is 6.92 Å². The number of aromatic nitrogens is 3. The first-order valence-corrected chi connectivity index (χ1v) is 8.37. The van der Waals surface area contributed by atoms with E-state index < -0.39 is 5.97 Å². The summed E-state index contributed by atoms with van der Waals surface area (Å²) in [5.74, 6) is -1.01. The van der Waals surface area contributed by atoms with Gasteiger partial charge in [-0.1, -0.05) is 41.9 Å². The van der Waals surface area contributed by atoms with Gasteiger partial charge in [0.1, 0.15) is 0 Å². The summed E-state index contributed by atoms with van der Waals surface area (Å²) < 4.78 is 1.68. The summed E-state index contributed by atoms with van der Waals surface area (Å²) in [5.41, 5.74) is 3.48. The molecule has 0 fully saturated rings. The van der Waals surface area contributed by atoms with E-state index in [9.17, 15) is 9.90 Å². The maximum atomic E-state index is 11.9. The summed E-state index contributed by atoms with van der Waals surface area (Å²) >= 11 is 5.96. The van der Waals surface area contributed by atoms with Crippen molar-refractivity contribution in [3.63, 3.8) is 0 Å². The molecule has 0 saturated heterocycles. The number of pyridine rings is 1. The molecule has 0 bridgehead atoms. The van der Waals surface area contributed by atoms with E-state index in [0.29, 0.717) is 27.4 Å². The number of rotatable bonds is 3. The van der Waals surface area contributed by atoms with Gasteiger partial charge in [-0.2, -0.15) is 5.10 Å². The number of benzene rings is 2. The lowest BCUT2D eigenvalue weighted by Crippen LogP contribution is -2.02. The van der Waals surface area contributed by atoms with E-state index in [-0.39, 0.29) is 5.56 Å². The average molecular weight is 364 g/mol. The molecule has 128 valence electrons. The highest BCUT2D eigenvalue weighted by Crippen LogP contribution is 2.29. The van der Waals surface area contributed by atoms with E-state index in [4.69, 9.17) is 16.6 Å². The van der Waals surface area contributed by atoms with Crippen LogP contribution in [0.25, 0.3) is 28.0 Å². The Morgan fingerprint density at radius 3 is 2.42 bits per heavy atom. The number of carbonyl (C=O) groups is 1. The van der Waals surface area contributed by atoms with Crippen LogP contribution >= 0.6 is 11.6 Å². The monoisotopic (exact) mass is 363 g/mol. The Morgan fingerprint density at radius 1 is 1.08 bits per heavy atom. The number of fused-ring (bicyclic) bond motifs is 1. The molecule has 5 nitrogen and oxygen atoms in total. The second-order valence-electron chi connectivity index (χ2n) is 5.90. The molecule has 26 heavy (non-hydrogen) atoms. The number of carboxylic acids is 1. The van der Waals surface area contributed by atoms with Crippen LogP contribution in [0.4, 0.5) is 0 Å². The van der Waals surface area contributed by atoms with Crippen LogP contribution in [0.5, 0.6) is 0 Å². The van der Waals surface area contributed by atoms with Crippen LogP contribution in [-0.4, -0.2) is 25.8 Å². The molecule has 0 saturated carbocycles. The van der Waals surface area contributed by atoms with Gasteiger partial charge in [0.15, 0.2) is 5.65 Å². The van der Waals surface area contributed by atoms with Crippen molar-refractivity contribution in [1.82, 2.24) is 14.8 Å². The molecular weight excluding hydrogens is 350 g/mol. The molecule has 6 heteroatoms. The lowest BCUT2D eigenvalue weighted by molar-refractivity contribution is 0.0699. The van der Waals surface area contributed by atoms with Crippen molar-refractivity contribution >= 4 is 28.6 Å². The number of aromatic carboxylic acids is 1. The highest BCUT2D eigenvalue weighted by Gasteiger charge is 2.20. The zero-order valence-electron chi connectivity index (χ0n) is 13.8. The molecule has 2 aromatic heterocycles. The van der Waals surface area contributed by atoms with Crippen LogP contribution < -0.4 is 0 Å². The van der Waals surface area contributed by atoms with Gasteiger partial charge >= 0.3 is 5.97 Å². The molecule has 2 aromatic carbocycles. The number of carboxylic acid groups (broad SMARTS) is 1. The summed E-state index contributed by atoms with van der Waals surface area (Å²) in [5, 5.41) is 15.4. The smallest absolute Gasteiger partial charge is 0.336 e. The van der Waals surface area contributed by atoms with E-state index in [1.54, 1.807) is 29.8 Å². The number of halogens is 1. The Labute approximate surface area is 154 Å². The van der Waals surface area contributed by atoms with Gasteiger partial charge in [-0.05, 0) is 37.3 Å². The Balaban J connectivity index is 2.04. The molecule has 4 rings (SSSR count). The lowest BCUT2D eigenvalue weighted by atomic mass is 10.1. The van der Waals surface area contributed by atoms with Gasteiger partial charge in [0.2, 0.25) is 0 Å². The van der Waals surface area contributed by atoms with Crippen molar-refractivity contribution < 1.29 is 9.90 Å². The Hall–Kier alpha value is -3.18. The molecule has 0 spiro atoms. The molecular formula is C20H14ClN3O2. The predicted molar refractivity (Wildman–Crippen MR) is 101 cm³/mol. The minimum Gasteiger partial charge on any atom is -0.478 e. The fourth-order valence-electron chi connectivity index (χ4n) is 2.98. The quantitative estimate of drug-likeness (QED) is 0.570. The van der Waals surface area contributed by atoms with Crippen LogP contribution in [0.3, 0.4) is 0 Å². The minimum atomic E-state index is -1.01. The third kappa shape index (κ3) is 2.72. The van der Waals surface area contributed by atoms with Crippen molar-refractivity contribution in [1.29, 1.82) is 0 Å². The normalized spacial score (nSPS) is 11.0. The summed E-state index contributed by atoms with van der Waals surface area (Å²) in [4.78, 5) is 16.6. The van der Waals surface area contributed by atoms with Gasteiger partial charge in [0, 0.05) is 10.6 Å². The van der Waals surface area contributed by atoms with Gasteiger partial charge in [-0.15, -0.1) is 0 Å². The van der Waals surface area contributed by atoms with E-state index in [1.165, 1.54) is 0 Å². The number of hydrogen-bond acceptors (Lipinski definition) is 3. The number of nitrogens with zero attached hydrogens (tertiary/aromatic N) is 3. The van der Waals surface area contributed by atoms with Gasteiger partial charge in [-0.25, -0.2) is 14.5 Å². The van der Waals surface area contributed by atoms with Gasteiger partial charge in [-0.3, -0.25) is 0 Å². The summed E-state index contributed by atoms with van der Waals surface area (Å²) in [6.07, 6.45) is 0. The second-order valence-corrected chi connectivity index (χ2v) is 6.33. The maximum absolute atomic E-state index is 11.9. The molecule has 0 aliphatic rings. The van der Waals surface area contributed by atoms with Gasteiger partial charge in [0.25, 0.3) is 0 Å². The van der Waals surface area contributed by atoms with Crippen LogP contribution in [0.2, 0.25) is 5.02 Å². The topological polar surface area (TPSA) is 68.0 Å². The van der Waals surface area contributed by atoms with E-state index in [2.05, 4.69) is 5.10 Å². The van der Waals surface area contributed by atoms with E-state index in [1.807, 2.05) is 42.5 Å². The molecule has 0 radical (unpaired) electrons. The molecule has 0 aliphatic heterocycles. The van der Waals surface area contributed by atoms with Crippen LogP contribution in [0.15, 0.2) is 60.7 Å². The third-order valence-electron chi connectivity index (χ3n) is 4.18. The summed E-state index contributed by atoms with van der Waals surface area (Å²) in [7, 11) is 0. The van der Waals surface area contributed by atoms with Gasteiger partial charge in [0.05, 0.1) is 28.0 Å². The van der Waals surface area contributed by atoms with Crippen LogP contribution in [-0.2, 0) is 0 Å². The first-order valence-electron chi connectivity index (χ1n) is 7.99. The second kappa shape index (κ2) is 6.28. The molecule has 0 amide bonds. The first-order chi connectivity index (χ1) is 12.5. The highest BCUT2D eigenvalue weighted by molar-refractivity contribution is 6.30. The number of para-hydroxylation sites is 1. The van der Waals surface area contributed by atoms with Gasteiger partial charge < -0.3 is 5.11 Å². The van der Waals surface area contributed by atoms with Crippen molar-refractivity contribution in [2.24, 2.45) is 0 Å². The first kappa shape index (κ1) is 16.3. The summed E-state index contributed by atoms with van der Waals surface area (Å²) in [6, 6.07) is 18.3. The van der Waals surface area contributed by atoms with E-state index >= 15 is 0 Å². The minimum absolute atomic E-state index is 0.180. The molecule has 0 aliphatic carbocycles. The van der Waals surface area contributed by atoms with E-state index in [0.717, 1.165) is 11.3 Å². The molecule has 0 atom stereocenters. The Bertz CT molecular complexity index is 1120. The summed E-state index contributed by atoms with van der Waals surface area (Å²) in [6.45, 7) is 1.79. The SMILES string of the molecule is Cc1nn(-c2ccccc2)c2nc(-c3ccc(Cl)cc3)cc(C(=O)O)c12.